The third kappa shape index (κ3) is 4.19. The summed E-state index contributed by atoms with van der Waals surface area (Å²) in [5, 5.41) is 4.50. The Balaban J connectivity index is 0.00000225. The highest BCUT2D eigenvalue weighted by molar-refractivity contribution is 5.88. The van der Waals surface area contributed by atoms with Gasteiger partial charge in [0, 0.05) is 31.7 Å². The second-order valence-corrected chi connectivity index (χ2v) is 5.86. The van der Waals surface area contributed by atoms with Gasteiger partial charge in [-0.05, 0) is 23.8 Å². The van der Waals surface area contributed by atoms with Gasteiger partial charge in [-0.3, -0.25) is 4.90 Å². The van der Waals surface area contributed by atoms with Gasteiger partial charge in [0.05, 0.1) is 6.61 Å². The summed E-state index contributed by atoms with van der Waals surface area (Å²) >= 11 is 0. The minimum atomic E-state index is -4.37. The molecule has 0 aliphatic carbocycles. The summed E-state index contributed by atoms with van der Waals surface area (Å²) in [5.41, 5.74) is 0.226. The number of alkyl halides is 3. The molecule has 3 rings (SSSR count). The number of fused-ring (bicyclic) bond motifs is 1. The van der Waals surface area contributed by atoms with Crippen LogP contribution in [0.5, 0.6) is 5.75 Å². The number of benzene rings is 2. The topological polar surface area (TPSA) is 24.5 Å². The Hall–Kier alpha value is -1.50. The number of ether oxygens (including phenoxy) is 1. The van der Waals surface area contributed by atoms with Gasteiger partial charge in [0.25, 0.3) is 0 Å². The average molecular weight is 375 g/mol. The highest BCUT2D eigenvalue weighted by atomic mass is 35.5. The van der Waals surface area contributed by atoms with E-state index in [-0.39, 0.29) is 18.0 Å². The summed E-state index contributed by atoms with van der Waals surface area (Å²) in [6, 6.07) is 8.99. The third-order valence-corrected chi connectivity index (χ3v) is 4.33. The van der Waals surface area contributed by atoms with Gasteiger partial charge in [-0.1, -0.05) is 30.3 Å². The van der Waals surface area contributed by atoms with Crippen LogP contribution in [-0.4, -0.2) is 43.9 Å². The summed E-state index contributed by atoms with van der Waals surface area (Å²) in [6.07, 6.45) is -4.37. The van der Waals surface area contributed by atoms with Gasteiger partial charge < -0.3 is 10.1 Å². The Morgan fingerprint density at radius 3 is 2.44 bits per heavy atom. The smallest absolute Gasteiger partial charge is 0.408 e. The van der Waals surface area contributed by atoms with Crippen molar-refractivity contribution in [3.63, 3.8) is 0 Å². The van der Waals surface area contributed by atoms with Crippen molar-refractivity contribution in [3.8, 4) is 5.75 Å². The molecule has 0 amide bonds. The lowest BCUT2D eigenvalue weighted by Crippen LogP contribution is -2.49. The molecule has 0 spiro atoms. The van der Waals surface area contributed by atoms with Gasteiger partial charge in [-0.15, -0.1) is 12.4 Å². The molecule has 1 saturated heterocycles. The maximum atomic E-state index is 14.0. The molecular formula is C18H22ClF3N2O. The molecule has 0 saturated carbocycles. The van der Waals surface area contributed by atoms with Crippen LogP contribution in [0.25, 0.3) is 10.8 Å². The van der Waals surface area contributed by atoms with Crippen molar-refractivity contribution in [2.45, 2.75) is 19.1 Å². The van der Waals surface area contributed by atoms with E-state index < -0.39 is 12.2 Å². The summed E-state index contributed by atoms with van der Waals surface area (Å²) in [5.74, 6) is 0.317. The molecule has 25 heavy (non-hydrogen) atoms. The second-order valence-electron chi connectivity index (χ2n) is 5.86. The van der Waals surface area contributed by atoms with Crippen molar-refractivity contribution >= 4 is 23.2 Å². The van der Waals surface area contributed by atoms with Gasteiger partial charge in [0.15, 0.2) is 0 Å². The van der Waals surface area contributed by atoms with E-state index in [1.54, 1.807) is 25.1 Å². The third-order valence-electron chi connectivity index (χ3n) is 4.33. The van der Waals surface area contributed by atoms with Gasteiger partial charge >= 0.3 is 6.18 Å². The molecule has 2 aromatic rings. The molecule has 2 aromatic carbocycles. The Bertz CT molecular complexity index is 702. The summed E-state index contributed by atoms with van der Waals surface area (Å²) < 4.78 is 47.6. The largest absolute Gasteiger partial charge is 0.494 e. The molecule has 3 nitrogen and oxygen atoms in total. The molecule has 0 radical (unpaired) electrons. The Morgan fingerprint density at radius 1 is 1.12 bits per heavy atom. The standard InChI is InChI=1S/C18H21F3N2O.ClH/c1-2-24-15-8-7-13-5-3-4-6-14(13)16(15)17(18(19,20)21)23-11-9-22-10-12-23;/h3-8,17,22H,2,9-12H2,1H3;1H/t17-;/m1./s1. The molecule has 0 bridgehead atoms. The molecule has 7 heteroatoms. The van der Waals surface area contributed by atoms with E-state index >= 15 is 0 Å². The zero-order valence-corrected chi connectivity index (χ0v) is 14.8. The molecule has 1 fully saturated rings. The van der Waals surface area contributed by atoms with Crippen LogP contribution in [-0.2, 0) is 0 Å². The van der Waals surface area contributed by atoms with Crippen LogP contribution in [0.15, 0.2) is 36.4 Å². The quantitative estimate of drug-likeness (QED) is 0.869. The fourth-order valence-electron chi connectivity index (χ4n) is 3.33. The lowest BCUT2D eigenvalue weighted by molar-refractivity contribution is -0.187. The number of hydrogen-bond donors (Lipinski definition) is 1. The van der Waals surface area contributed by atoms with Gasteiger partial charge in [0.2, 0.25) is 0 Å². The van der Waals surface area contributed by atoms with E-state index in [9.17, 15) is 13.2 Å². The number of halogens is 4. The Morgan fingerprint density at radius 2 is 1.80 bits per heavy atom. The van der Waals surface area contributed by atoms with Crippen molar-refractivity contribution in [2.75, 3.05) is 32.8 Å². The number of piperazine rings is 1. The molecule has 1 aliphatic heterocycles. The van der Waals surface area contributed by atoms with Crippen LogP contribution >= 0.6 is 12.4 Å². The Kier molecular flexibility index (Phi) is 6.54. The molecule has 1 aliphatic rings. The van der Waals surface area contributed by atoms with E-state index in [0.29, 0.717) is 43.9 Å². The first-order valence-electron chi connectivity index (χ1n) is 8.18. The van der Waals surface area contributed by atoms with E-state index in [1.807, 2.05) is 18.2 Å². The lowest BCUT2D eigenvalue weighted by atomic mass is 9.95. The summed E-state index contributed by atoms with van der Waals surface area (Å²) in [6.45, 7) is 3.95. The van der Waals surface area contributed by atoms with Crippen molar-refractivity contribution in [2.24, 2.45) is 0 Å². The molecule has 1 N–H and O–H groups in total. The minimum Gasteiger partial charge on any atom is -0.494 e. The van der Waals surface area contributed by atoms with Crippen LogP contribution in [0.1, 0.15) is 18.5 Å². The molecule has 0 aromatic heterocycles. The number of hydrogen-bond acceptors (Lipinski definition) is 3. The number of rotatable bonds is 4. The van der Waals surface area contributed by atoms with Gasteiger partial charge in [-0.2, -0.15) is 13.2 Å². The maximum absolute atomic E-state index is 14.0. The van der Waals surface area contributed by atoms with E-state index in [4.69, 9.17) is 4.74 Å². The number of nitrogens with one attached hydrogen (secondary N) is 1. The van der Waals surface area contributed by atoms with Crippen molar-refractivity contribution in [3.05, 3.63) is 42.0 Å². The first kappa shape index (κ1) is 19.8. The average Bonchev–Trinajstić information content (AvgIpc) is 2.57. The second kappa shape index (κ2) is 8.25. The lowest BCUT2D eigenvalue weighted by Gasteiger charge is -2.37. The normalized spacial score (nSPS) is 17.1. The van der Waals surface area contributed by atoms with Crippen LogP contribution in [0, 0.1) is 0 Å². The molecule has 1 atom stereocenters. The fourth-order valence-corrected chi connectivity index (χ4v) is 3.33. The highest BCUT2D eigenvalue weighted by Gasteiger charge is 2.47. The fraction of sp³-hybridized carbons (Fsp3) is 0.444. The van der Waals surface area contributed by atoms with Crippen LogP contribution in [0.4, 0.5) is 13.2 Å². The zero-order valence-electron chi connectivity index (χ0n) is 14.0. The first-order chi connectivity index (χ1) is 11.5. The van der Waals surface area contributed by atoms with Crippen molar-refractivity contribution in [1.29, 1.82) is 0 Å². The van der Waals surface area contributed by atoms with Crippen LogP contribution in [0.3, 0.4) is 0 Å². The SMILES string of the molecule is CCOc1ccc2ccccc2c1[C@@H](N1CCNCC1)C(F)(F)F.Cl. The van der Waals surface area contributed by atoms with Crippen LogP contribution < -0.4 is 10.1 Å². The molecular weight excluding hydrogens is 353 g/mol. The maximum Gasteiger partial charge on any atom is 0.408 e. The van der Waals surface area contributed by atoms with E-state index in [2.05, 4.69) is 5.32 Å². The predicted molar refractivity (Wildman–Crippen MR) is 95.6 cm³/mol. The van der Waals surface area contributed by atoms with E-state index in [0.717, 1.165) is 5.39 Å². The van der Waals surface area contributed by atoms with Gasteiger partial charge in [0.1, 0.15) is 11.8 Å². The van der Waals surface area contributed by atoms with Crippen molar-refractivity contribution in [1.82, 2.24) is 10.2 Å². The first-order valence-corrected chi connectivity index (χ1v) is 8.18. The molecule has 0 unspecified atom stereocenters. The summed E-state index contributed by atoms with van der Waals surface area (Å²) in [7, 11) is 0. The van der Waals surface area contributed by atoms with E-state index in [1.165, 1.54) is 4.90 Å². The highest BCUT2D eigenvalue weighted by Crippen LogP contribution is 2.44. The number of nitrogens with zero attached hydrogens (tertiary/aromatic N) is 1. The predicted octanol–water partition coefficient (Wildman–Crippen LogP) is 4.17. The van der Waals surface area contributed by atoms with Gasteiger partial charge in [-0.25, -0.2) is 0 Å². The molecule has 138 valence electrons. The minimum absolute atomic E-state index is 0. The zero-order chi connectivity index (χ0) is 17.2. The van der Waals surface area contributed by atoms with Crippen molar-refractivity contribution < 1.29 is 17.9 Å². The Labute approximate surface area is 151 Å². The summed E-state index contributed by atoms with van der Waals surface area (Å²) in [4.78, 5) is 1.50. The van der Waals surface area contributed by atoms with Crippen LogP contribution in [0.2, 0.25) is 0 Å². The monoisotopic (exact) mass is 374 g/mol. The molecule has 1 heterocycles.